The van der Waals surface area contributed by atoms with Crippen molar-refractivity contribution < 1.29 is 8.78 Å². The summed E-state index contributed by atoms with van der Waals surface area (Å²) in [5.41, 5.74) is 0.622. The normalized spacial score (nSPS) is 18.4. The lowest BCUT2D eigenvalue weighted by Gasteiger charge is -2.36. The molecule has 2 rings (SSSR count). The molecule has 94 valence electrons. The summed E-state index contributed by atoms with van der Waals surface area (Å²) in [6.07, 6.45) is 2.07. The number of piperidine rings is 1. The Morgan fingerprint density at radius 1 is 1.12 bits per heavy atom. The van der Waals surface area contributed by atoms with Gasteiger partial charge in [-0.2, -0.15) is 0 Å². The maximum absolute atomic E-state index is 13.1. The zero-order chi connectivity index (χ0) is 12.4. The van der Waals surface area contributed by atoms with Crippen LogP contribution in [0.4, 0.5) is 14.5 Å². The van der Waals surface area contributed by atoms with E-state index in [1.165, 1.54) is 12.1 Å². The second-order valence-corrected chi connectivity index (χ2v) is 4.77. The van der Waals surface area contributed by atoms with Gasteiger partial charge in [0.25, 0.3) is 0 Å². The van der Waals surface area contributed by atoms with Crippen LogP contribution in [0.5, 0.6) is 0 Å². The van der Waals surface area contributed by atoms with Crippen molar-refractivity contribution in [3.63, 3.8) is 0 Å². The molecule has 0 saturated carbocycles. The van der Waals surface area contributed by atoms with Crippen molar-refractivity contribution in [2.75, 3.05) is 32.1 Å². The average Bonchev–Trinajstić information content (AvgIpc) is 2.28. The highest BCUT2D eigenvalue weighted by atomic mass is 19.1. The smallest absolute Gasteiger partial charge is 0.128 e. The number of nitrogens with zero attached hydrogens (tertiary/aromatic N) is 2. The summed E-state index contributed by atoms with van der Waals surface area (Å²) in [5, 5.41) is 0. The lowest BCUT2D eigenvalue weighted by molar-refractivity contribution is 0.253. The molecule has 1 aromatic carbocycles. The molecule has 0 atom stereocenters. The van der Waals surface area contributed by atoms with Crippen LogP contribution in [0, 0.1) is 11.6 Å². The monoisotopic (exact) mass is 240 g/mol. The SMILES string of the molecule is CN1CCC(N(C)c2cc(F)cc(F)c2)CC1. The molecule has 2 nitrogen and oxygen atoms in total. The maximum atomic E-state index is 13.1. The number of benzene rings is 1. The Kier molecular flexibility index (Phi) is 3.62. The minimum Gasteiger partial charge on any atom is -0.371 e. The molecular formula is C13H18F2N2. The molecule has 0 unspecified atom stereocenters. The third kappa shape index (κ3) is 2.94. The Hall–Kier alpha value is -1.16. The van der Waals surface area contributed by atoms with Gasteiger partial charge in [0, 0.05) is 24.8 Å². The van der Waals surface area contributed by atoms with Crippen LogP contribution in [0.3, 0.4) is 0 Å². The Bertz CT molecular complexity index is 367. The number of likely N-dealkylation sites (tertiary alicyclic amines) is 1. The standard InChI is InChI=1S/C13H18F2N2/c1-16-5-3-12(4-6-16)17(2)13-8-10(14)7-11(15)9-13/h7-9,12H,3-6H2,1-2H3. The zero-order valence-corrected chi connectivity index (χ0v) is 10.3. The third-order valence-corrected chi connectivity index (χ3v) is 3.49. The molecule has 0 bridgehead atoms. The van der Waals surface area contributed by atoms with Gasteiger partial charge in [0.15, 0.2) is 0 Å². The van der Waals surface area contributed by atoms with Crippen LogP contribution in [0.15, 0.2) is 18.2 Å². The van der Waals surface area contributed by atoms with Crippen LogP contribution in [0.2, 0.25) is 0 Å². The number of hydrogen-bond donors (Lipinski definition) is 0. The van der Waals surface area contributed by atoms with Crippen LogP contribution >= 0.6 is 0 Å². The Labute approximate surface area is 101 Å². The van der Waals surface area contributed by atoms with Gasteiger partial charge in [-0.25, -0.2) is 8.78 Å². The largest absolute Gasteiger partial charge is 0.371 e. The predicted molar refractivity (Wildman–Crippen MR) is 65.3 cm³/mol. The number of anilines is 1. The third-order valence-electron chi connectivity index (χ3n) is 3.49. The van der Waals surface area contributed by atoms with Gasteiger partial charge in [-0.3, -0.25) is 0 Å². The van der Waals surface area contributed by atoms with Gasteiger partial charge in [-0.15, -0.1) is 0 Å². The molecule has 0 radical (unpaired) electrons. The Morgan fingerprint density at radius 3 is 2.18 bits per heavy atom. The van der Waals surface area contributed by atoms with E-state index in [-0.39, 0.29) is 0 Å². The van der Waals surface area contributed by atoms with Crippen LogP contribution in [0.25, 0.3) is 0 Å². The zero-order valence-electron chi connectivity index (χ0n) is 10.3. The first kappa shape index (κ1) is 12.3. The van der Waals surface area contributed by atoms with Crippen LogP contribution in [0.1, 0.15) is 12.8 Å². The highest BCUT2D eigenvalue weighted by Crippen LogP contribution is 2.23. The summed E-state index contributed by atoms with van der Waals surface area (Å²) >= 11 is 0. The first-order chi connectivity index (χ1) is 8.06. The molecule has 0 spiro atoms. The summed E-state index contributed by atoms with van der Waals surface area (Å²) in [4.78, 5) is 4.26. The molecule has 1 aliphatic rings. The molecule has 1 fully saturated rings. The van der Waals surface area contributed by atoms with Crippen molar-refractivity contribution in [1.29, 1.82) is 0 Å². The van der Waals surface area contributed by atoms with Crippen molar-refractivity contribution in [2.24, 2.45) is 0 Å². The highest BCUT2D eigenvalue weighted by molar-refractivity contribution is 5.47. The number of rotatable bonds is 2. The summed E-state index contributed by atoms with van der Waals surface area (Å²) < 4.78 is 26.3. The van der Waals surface area contributed by atoms with Crippen molar-refractivity contribution in [1.82, 2.24) is 4.90 Å². The van der Waals surface area contributed by atoms with Crippen LogP contribution in [-0.2, 0) is 0 Å². The maximum Gasteiger partial charge on any atom is 0.128 e. The van der Waals surface area contributed by atoms with Crippen molar-refractivity contribution >= 4 is 5.69 Å². The van der Waals surface area contributed by atoms with Gasteiger partial charge >= 0.3 is 0 Å². The van der Waals surface area contributed by atoms with Gasteiger partial charge in [0.05, 0.1) is 0 Å². The molecule has 4 heteroatoms. The molecule has 17 heavy (non-hydrogen) atoms. The van der Waals surface area contributed by atoms with Crippen LogP contribution in [-0.4, -0.2) is 38.1 Å². The second-order valence-electron chi connectivity index (χ2n) is 4.77. The molecule has 0 aromatic heterocycles. The fraction of sp³-hybridized carbons (Fsp3) is 0.538. The van der Waals surface area contributed by atoms with Gasteiger partial charge in [0.1, 0.15) is 11.6 Å². The fourth-order valence-corrected chi connectivity index (χ4v) is 2.34. The Morgan fingerprint density at radius 2 is 1.65 bits per heavy atom. The van der Waals surface area contributed by atoms with E-state index in [9.17, 15) is 8.78 Å². The van der Waals surface area contributed by atoms with E-state index >= 15 is 0 Å². The fourth-order valence-electron chi connectivity index (χ4n) is 2.34. The van der Waals surface area contributed by atoms with Gasteiger partial charge in [0.2, 0.25) is 0 Å². The van der Waals surface area contributed by atoms with E-state index in [1.807, 2.05) is 11.9 Å². The van der Waals surface area contributed by atoms with E-state index in [0.717, 1.165) is 32.0 Å². The Balaban J connectivity index is 2.10. The molecule has 1 aliphatic heterocycles. The quantitative estimate of drug-likeness (QED) is 0.783. The molecule has 1 aromatic rings. The molecule has 0 amide bonds. The summed E-state index contributed by atoms with van der Waals surface area (Å²) in [6.45, 7) is 2.07. The number of halogens is 2. The van der Waals surface area contributed by atoms with Crippen molar-refractivity contribution in [2.45, 2.75) is 18.9 Å². The van der Waals surface area contributed by atoms with E-state index in [4.69, 9.17) is 0 Å². The van der Waals surface area contributed by atoms with Gasteiger partial charge in [-0.1, -0.05) is 0 Å². The predicted octanol–water partition coefficient (Wildman–Crippen LogP) is 2.50. The van der Waals surface area contributed by atoms with Crippen molar-refractivity contribution in [3.05, 3.63) is 29.8 Å². The second kappa shape index (κ2) is 5.00. The van der Waals surface area contributed by atoms with E-state index < -0.39 is 11.6 Å². The topological polar surface area (TPSA) is 6.48 Å². The summed E-state index contributed by atoms with van der Waals surface area (Å²) in [7, 11) is 4.00. The first-order valence-electron chi connectivity index (χ1n) is 5.94. The van der Waals surface area contributed by atoms with E-state index in [1.54, 1.807) is 0 Å². The van der Waals surface area contributed by atoms with Gasteiger partial charge in [-0.05, 0) is 45.1 Å². The number of hydrogen-bond acceptors (Lipinski definition) is 2. The molecule has 0 aliphatic carbocycles. The summed E-state index contributed by atoms with van der Waals surface area (Å²) in [6, 6.07) is 4.06. The molecule has 0 N–H and O–H groups in total. The lowest BCUT2D eigenvalue weighted by atomic mass is 10.0. The minimum absolute atomic E-state index is 0.368. The average molecular weight is 240 g/mol. The van der Waals surface area contributed by atoms with Crippen LogP contribution < -0.4 is 4.90 Å². The van der Waals surface area contributed by atoms with Gasteiger partial charge < -0.3 is 9.80 Å². The first-order valence-corrected chi connectivity index (χ1v) is 5.94. The minimum atomic E-state index is -0.514. The molecule has 1 saturated heterocycles. The van der Waals surface area contributed by atoms with E-state index in [2.05, 4.69) is 11.9 Å². The summed E-state index contributed by atoms with van der Waals surface area (Å²) in [5.74, 6) is -1.03. The van der Waals surface area contributed by atoms with E-state index in [0.29, 0.717) is 11.7 Å². The highest BCUT2D eigenvalue weighted by Gasteiger charge is 2.21. The molecule has 1 heterocycles. The van der Waals surface area contributed by atoms with Crippen molar-refractivity contribution in [3.8, 4) is 0 Å². The lowest BCUT2D eigenvalue weighted by Crippen LogP contribution is -2.42. The molecular weight excluding hydrogens is 222 g/mol.